The molecule has 0 N–H and O–H groups in total. The van der Waals surface area contributed by atoms with E-state index in [4.69, 9.17) is 19.6 Å². The molecule has 1 amide bonds. The Morgan fingerprint density at radius 3 is 2.73 bits per heavy atom. The lowest BCUT2D eigenvalue weighted by Gasteiger charge is -2.31. The number of methoxy groups -OCH3 is 2. The standard InChI is InChI=1S/C25H27N5O3/c1-28-13-6-9-20(28)25(31)29-14-5-7-18(15-29)24-26-22-12-11-17(16-30(22)27-24)19-8-4-10-21(32-2)23(19)33-3/h4,6,8-13,16,18H,5,7,14-15H2,1-3H3/t18-/m0/s1. The zero-order valence-electron chi connectivity index (χ0n) is 19.1. The molecule has 1 aromatic carbocycles. The smallest absolute Gasteiger partial charge is 0.270 e. The second-order valence-electron chi connectivity index (χ2n) is 8.33. The number of hydrogen-bond donors (Lipinski definition) is 0. The van der Waals surface area contributed by atoms with Crippen molar-refractivity contribution in [2.45, 2.75) is 18.8 Å². The highest BCUT2D eigenvalue weighted by atomic mass is 16.5. The molecular weight excluding hydrogens is 418 g/mol. The lowest BCUT2D eigenvalue weighted by molar-refractivity contribution is 0.0695. The minimum Gasteiger partial charge on any atom is -0.493 e. The summed E-state index contributed by atoms with van der Waals surface area (Å²) in [5.74, 6) is 2.30. The van der Waals surface area contributed by atoms with Crippen molar-refractivity contribution >= 4 is 11.6 Å². The summed E-state index contributed by atoms with van der Waals surface area (Å²) in [6.07, 6.45) is 5.75. The van der Waals surface area contributed by atoms with E-state index in [0.717, 1.165) is 42.0 Å². The summed E-state index contributed by atoms with van der Waals surface area (Å²) in [5.41, 5.74) is 3.36. The molecular formula is C25H27N5O3. The number of pyridine rings is 1. The zero-order chi connectivity index (χ0) is 22.9. The first kappa shape index (κ1) is 21.1. The second kappa shape index (κ2) is 8.61. The zero-order valence-corrected chi connectivity index (χ0v) is 19.1. The third-order valence-electron chi connectivity index (χ3n) is 6.30. The van der Waals surface area contributed by atoms with Gasteiger partial charge in [-0.3, -0.25) is 4.79 Å². The van der Waals surface area contributed by atoms with Crippen LogP contribution in [0, 0.1) is 0 Å². The van der Waals surface area contributed by atoms with Crippen LogP contribution in [0.25, 0.3) is 16.8 Å². The van der Waals surface area contributed by atoms with Crippen molar-refractivity contribution in [3.05, 3.63) is 66.4 Å². The minimum absolute atomic E-state index is 0.0587. The van der Waals surface area contributed by atoms with Crippen molar-refractivity contribution in [1.82, 2.24) is 24.1 Å². The van der Waals surface area contributed by atoms with E-state index >= 15 is 0 Å². The number of carbonyl (C=O) groups excluding carboxylic acids is 1. The van der Waals surface area contributed by atoms with Gasteiger partial charge in [0.25, 0.3) is 5.91 Å². The molecule has 1 aliphatic rings. The summed E-state index contributed by atoms with van der Waals surface area (Å²) in [5, 5.41) is 4.79. The molecule has 8 nitrogen and oxygen atoms in total. The van der Waals surface area contributed by atoms with E-state index in [2.05, 4.69) is 0 Å². The minimum atomic E-state index is 0.0587. The molecule has 8 heteroatoms. The normalized spacial score (nSPS) is 16.2. The summed E-state index contributed by atoms with van der Waals surface area (Å²) in [6.45, 7) is 1.38. The first-order chi connectivity index (χ1) is 16.1. The van der Waals surface area contributed by atoms with Gasteiger partial charge in [0.1, 0.15) is 5.69 Å². The fourth-order valence-corrected chi connectivity index (χ4v) is 4.56. The van der Waals surface area contributed by atoms with Crippen molar-refractivity contribution < 1.29 is 14.3 Å². The van der Waals surface area contributed by atoms with Crippen LogP contribution in [0.15, 0.2) is 54.9 Å². The maximum atomic E-state index is 13.0. The summed E-state index contributed by atoms with van der Waals surface area (Å²) < 4.78 is 14.7. The molecule has 5 rings (SSSR count). The van der Waals surface area contributed by atoms with Gasteiger partial charge in [0.05, 0.1) is 14.2 Å². The average molecular weight is 446 g/mol. The number of para-hydroxylation sites is 1. The Kier molecular flexibility index (Phi) is 5.50. The molecule has 1 fully saturated rings. The van der Waals surface area contributed by atoms with Gasteiger partial charge in [-0.25, -0.2) is 9.50 Å². The number of ether oxygens (including phenoxy) is 2. The van der Waals surface area contributed by atoms with E-state index < -0.39 is 0 Å². The molecule has 0 radical (unpaired) electrons. The number of hydrogen-bond acceptors (Lipinski definition) is 5. The van der Waals surface area contributed by atoms with E-state index in [9.17, 15) is 4.79 Å². The number of likely N-dealkylation sites (tertiary alicyclic amines) is 1. The molecule has 4 aromatic rings. The summed E-state index contributed by atoms with van der Waals surface area (Å²) in [6, 6.07) is 13.5. The predicted octanol–water partition coefficient (Wildman–Crippen LogP) is 3.77. The molecule has 170 valence electrons. The Bertz CT molecular complexity index is 1310. The summed E-state index contributed by atoms with van der Waals surface area (Å²) >= 11 is 0. The first-order valence-corrected chi connectivity index (χ1v) is 11.1. The van der Waals surface area contributed by atoms with Crippen LogP contribution in [0.5, 0.6) is 11.5 Å². The van der Waals surface area contributed by atoms with Crippen LogP contribution in [0.2, 0.25) is 0 Å². The maximum absolute atomic E-state index is 13.0. The Morgan fingerprint density at radius 2 is 1.97 bits per heavy atom. The van der Waals surface area contributed by atoms with Crippen LogP contribution >= 0.6 is 0 Å². The summed E-state index contributed by atoms with van der Waals surface area (Å²) in [4.78, 5) is 19.7. The fraction of sp³-hybridized carbons (Fsp3) is 0.320. The molecule has 0 bridgehead atoms. The Hall–Kier alpha value is -3.81. The van der Waals surface area contributed by atoms with Crippen molar-refractivity contribution in [2.75, 3.05) is 27.3 Å². The SMILES string of the molecule is COc1cccc(-c2ccc3nc([C@H]4CCCN(C(=O)c5cccn5C)C4)nn3c2)c1OC. The van der Waals surface area contributed by atoms with Crippen molar-refractivity contribution in [2.24, 2.45) is 7.05 Å². The predicted molar refractivity (Wildman–Crippen MR) is 125 cm³/mol. The van der Waals surface area contributed by atoms with Crippen LogP contribution in [0.1, 0.15) is 35.1 Å². The molecule has 0 aliphatic carbocycles. The van der Waals surface area contributed by atoms with Gasteiger partial charge in [0.15, 0.2) is 23.0 Å². The number of rotatable bonds is 5. The average Bonchev–Trinajstić information content (AvgIpc) is 3.48. The molecule has 1 aliphatic heterocycles. The molecule has 0 saturated carbocycles. The van der Waals surface area contributed by atoms with Gasteiger partial charge in [0.2, 0.25) is 0 Å². The van der Waals surface area contributed by atoms with Crippen LogP contribution in [-0.2, 0) is 7.05 Å². The number of fused-ring (bicyclic) bond motifs is 1. The number of amides is 1. The molecule has 1 saturated heterocycles. The van der Waals surface area contributed by atoms with Crippen LogP contribution in [0.4, 0.5) is 0 Å². The van der Waals surface area contributed by atoms with Gasteiger partial charge in [-0.15, -0.1) is 0 Å². The highest BCUT2D eigenvalue weighted by molar-refractivity contribution is 5.92. The van der Waals surface area contributed by atoms with Gasteiger partial charge in [-0.1, -0.05) is 12.1 Å². The van der Waals surface area contributed by atoms with E-state index in [-0.39, 0.29) is 11.8 Å². The monoisotopic (exact) mass is 445 g/mol. The molecule has 1 atom stereocenters. The molecule has 3 aromatic heterocycles. The maximum Gasteiger partial charge on any atom is 0.270 e. The van der Waals surface area contributed by atoms with Gasteiger partial charge in [-0.2, -0.15) is 5.10 Å². The van der Waals surface area contributed by atoms with Crippen LogP contribution in [-0.4, -0.2) is 57.3 Å². The topological polar surface area (TPSA) is 73.9 Å². The number of benzene rings is 1. The van der Waals surface area contributed by atoms with Crippen LogP contribution in [0.3, 0.4) is 0 Å². The van der Waals surface area contributed by atoms with Crippen molar-refractivity contribution in [1.29, 1.82) is 0 Å². The fourth-order valence-electron chi connectivity index (χ4n) is 4.56. The Labute approximate surface area is 192 Å². The van der Waals surface area contributed by atoms with E-state index in [1.165, 1.54) is 0 Å². The number of aryl methyl sites for hydroxylation is 1. The number of nitrogens with zero attached hydrogens (tertiary/aromatic N) is 5. The van der Waals surface area contributed by atoms with Crippen LogP contribution < -0.4 is 9.47 Å². The number of carbonyl (C=O) groups is 1. The van der Waals surface area contributed by atoms with Gasteiger partial charge in [-0.05, 0) is 43.2 Å². The number of aromatic nitrogens is 4. The lowest BCUT2D eigenvalue weighted by atomic mass is 9.97. The quantitative estimate of drug-likeness (QED) is 0.468. The summed E-state index contributed by atoms with van der Waals surface area (Å²) in [7, 11) is 5.16. The third-order valence-corrected chi connectivity index (χ3v) is 6.30. The highest BCUT2D eigenvalue weighted by Gasteiger charge is 2.29. The van der Waals surface area contributed by atoms with E-state index in [0.29, 0.717) is 23.7 Å². The van der Waals surface area contributed by atoms with Crippen molar-refractivity contribution in [3.63, 3.8) is 0 Å². The van der Waals surface area contributed by atoms with Gasteiger partial charge >= 0.3 is 0 Å². The third kappa shape index (κ3) is 3.82. The van der Waals surface area contributed by atoms with E-state index in [1.54, 1.807) is 14.2 Å². The molecule has 0 spiro atoms. The highest BCUT2D eigenvalue weighted by Crippen LogP contribution is 2.37. The first-order valence-electron chi connectivity index (χ1n) is 11.1. The van der Waals surface area contributed by atoms with Gasteiger partial charge in [0, 0.05) is 49.6 Å². The van der Waals surface area contributed by atoms with E-state index in [1.807, 2.05) is 75.9 Å². The lowest BCUT2D eigenvalue weighted by Crippen LogP contribution is -2.40. The molecule has 33 heavy (non-hydrogen) atoms. The number of piperidine rings is 1. The Morgan fingerprint density at radius 1 is 1.09 bits per heavy atom. The molecule has 4 heterocycles. The molecule has 0 unspecified atom stereocenters. The van der Waals surface area contributed by atoms with Gasteiger partial charge < -0.3 is 18.9 Å². The largest absolute Gasteiger partial charge is 0.493 e. The van der Waals surface area contributed by atoms with Crippen molar-refractivity contribution in [3.8, 4) is 22.6 Å². The Balaban J connectivity index is 1.42. The second-order valence-corrected chi connectivity index (χ2v) is 8.33.